The van der Waals surface area contributed by atoms with E-state index in [1.165, 1.54) is 6.92 Å². The van der Waals surface area contributed by atoms with Gasteiger partial charge in [-0.3, -0.25) is 9.59 Å². The normalized spacial score (nSPS) is 8.25. The van der Waals surface area contributed by atoms with Crippen LogP contribution in [0.25, 0.3) is 0 Å². The van der Waals surface area contributed by atoms with Crippen molar-refractivity contribution in [2.75, 3.05) is 5.33 Å². The third-order valence-electron chi connectivity index (χ3n) is 0.367. The Morgan fingerprint density at radius 1 is 1.62 bits per heavy atom. The molecule has 0 unspecified atom stereocenters. The minimum atomic E-state index is -0.575. The van der Waals surface area contributed by atoms with Gasteiger partial charge in [0, 0.05) is 6.92 Å². The number of rotatable bonds is 1. The van der Waals surface area contributed by atoms with Crippen molar-refractivity contribution in [3.05, 3.63) is 0 Å². The second kappa shape index (κ2) is 3.60. The molecule has 0 N–H and O–H groups in total. The van der Waals surface area contributed by atoms with Gasteiger partial charge < -0.3 is 4.74 Å². The van der Waals surface area contributed by atoms with Crippen molar-refractivity contribution in [2.24, 2.45) is 0 Å². The zero-order valence-electron chi connectivity index (χ0n) is 4.31. The lowest BCUT2D eigenvalue weighted by Gasteiger charge is -1.91. The highest BCUT2D eigenvalue weighted by Crippen LogP contribution is 1.84. The molecule has 0 radical (unpaired) electrons. The topological polar surface area (TPSA) is 43.4 Å². The summed E-state index contributed by atoms with van der Waals surface area (Å²) in [6.07, 6.45) is 0. The molecule has 0 saturated heterocycles. The minimum absolute atomic E-state index is 0.0621. The van der Waals surface area contributed by atoms with Gasteiger partial charge >= 0.3 is 11.9 Å². The van der Waals surface area contributed by atoms with Crippen LogP contribution in [0.15, 0.2) is 0 Å². The van der Waals surface area contributed by atoms with Crippen LogP contribution in [-0.4, -0.2) is 17.3 Å². The monoisotopic (exact) mass is 180 g/mol. The number of hydrogen-bond acceptors (Lipinski definition) is 3. The van der Waals surface area contributed by atoms with E-state index >= 15 is 0 Å². The predicted molar refractivity (Wildman–Crippen MR) is 30.6 cm³/mol. The van der Waals surface area contributed by atoms with E-state index in [1.807, 2.05) is 0 Å². The van der Waals surface area contributed by atoms with Crippen LogP contribution in [0.3, 0.4) is 0 Å². The molecule has 0 spiro atoms. The summed E-state index contributed by atoms with van der Waals surface area (Å²) in [4.78, 5) is 20.1. The molecular weight excluding hydrogens is 176 g/mol. The molecule has 0 aromatic rings. The van der Waals surface area contributed by atoms with Crippen LogP contribution < -0.4 is 0 Å². The third kappa shape index (κ3) is 3.80. The van der Waals surface area contributed by atoms with Crippen molar-refractivity contribution in [1.29, 1.82) is 0 Å². The Bertz CT molecular complexity index is 110. The molecule has 0 bridgehead atoms. The van der Waals surface area contributed by atoms with Gasteiger partial charge in [-0.1, -0.05) is 15.9 Å². The summed E-state index contributed by atoms with van der Waals surface area (Å²) >= 11 is 2.82. The quantitative estimate of drug-likeness (QED) is 0.335. The first kappa shape index (κ1) is 7.62. The maximum absolute atomic E-state index is 10.1. The molecule has 0 aromatic heterocycles. The summed E-state index contributed by atoms with van der Waals surface area (Å²) in [5, 5.41) is 0.0621. The van der Waals surface area contributed by atoms with Crippen LogP contribution in [0, 0.1) is 0 Å². The first-order chi connectivity index (χ1) is 3.66. The highest BCUT2D eigenvalue weighted by atomic mass is 79.9. The number of ether oxygens (including phenoxy) is 1. The Morgan fingerprint density at radius 2 is 2.12 bits per heavy atom. The average Bonchev–Trinajstić information content (AvgIpc) is 1.65. The zero-order valence-corrected chi connectivity index (χ0v) is 5.90. The molecule has 0 aliphatic carbocycles. The molecule has 0 atom stereocenters. The molecule has 0 rings (SSSR count). The third-order valence-corrected chi connectivity index (χ3v) is 0.825. The Morgan fingerprint density at radius 3 is 2.25 bits per heavy atom. The summed E-state index contributed by atoms with van der Waals surface area (Å²) in [6, 6.07) is 0. The molecule has 0 aliphatic rings. The maximum atomic E-state index is 10.1. The van der Waals surface area contributed by atoms with Gasteiger partial charge in [-0.2, -0.15) is 0 Å². The molecule has 46 valence electrons. The van der Waals surface area contributed by atoms with Gasteiger partial charge in [-0.15, -0.1) is 0 Å². The summed E-state index contributed by atoms with van der Waals surface area (Å²) < 4.78 is 4.07. The minimum Gasteiger partial charge on any atom is -0.393 e. The van der Waals surface area contributed by atoms with Gasteiger partial charge in [0.05, 0.1) is 0 Å². The Kier molecular flexibility index (Phi) is 3.43. The number of carbonyl (C=O) groups excluding carboxylic acids is 2. The molecule has 4 heteroatoms. The van der Waals surface area contributed by atoms with Gasteiger partial charge in [-0.05, 0) is 0 Å². The Hall–Kier alpha value is -0.380. The number of esters is 2. The highest BCUT2D eigenvalue weighted by Gasteiger charge is 2.00. The summed E-state index contributed by atoms with van der Waals surface area (Å²) in [6.45, 7) is 1.18. The van der Waals surface area contributed by atoms with Crippen LogP contribution in [0.4, 0.5) is 0 Å². The molecule has 0 aliphatic heterocycles. The van der Waals surface area contributed by atoms with Crippen LogP contribution in [0.2, 0.25) is 0 Å². The highest BCUT2D eigenvalue weighted by molar-refractivity contribution is 9.09. The second-order valence-corrected chi connectivity index (χ2v) is 1.66. The standard InChI is InChI=1S/C4H5BrO3/c1-3(6)8-4(7)2-5/h2H2,1H3. The fourth-order valence-corrected chi connectivity index (χ4v) is 0.302. The van der Waals surface area contributed by atoms with Crippen molar-refractivity contribution >= 4 is 27.9 Å². The molecule has 8 heavy (non-hydrogen) atoms. The van der Waals surface area contributed by atoms with E-state index in [-0.39, 0.29) is 5.33 Å². The van der Waals surface area contributed by atoms with Crippen molar-refractivity contribution in [3.63, 3.8) is 0 Å². The Labute approximate surface area is 55.1 Å². The van der Waals surface area contributed by atoms with Crippen LogP contribution in [0.1, 0.15) is 6.92 Å². The van der Waals surface area contributed by atoms with Crippen LogP contribution in [0.5, 0.6) is 0 Å². The lowest BCUT2D eigenvalue weighted by atomic mass is 10.7. The zero-order chi connectivity index (χ0) is 6.57. The SMILES string of the molecule is CC(=O)OC(=O)CBr. The second-order valence-electron chi connectivity index (χ2n) is 1.10. The number of carbonyl (C=O) groups is 2. The first-order valence-electron chi connectivity index (χ1n) is 1.94. The molecule has 0 aromatic carbocycles. The predicted octanol–water partition coefficient (Wildman–Crippen LogP) is 0.471. The van der Waals surface area contributed by atoms with Gasteiger partial charge in [0.25, 0.3) is 0 Å². The lowest BCUT2D eigenvalue weighted by Crippen LogP contribution is -2.09. The molecule has 3 nitrogen and oxygen atoms in total. The Balaban J connectivity index is 3.40. The van der Waals surface area contributed by atoms with E-state index < -0.39 is 11.9 Å². The van der Waals surface area contributed by atoms with Crippen molar-refractivity contribution in [1.82, 2.24) is 0 Å². The fourth-order valence-electron chi connectivity index (χ4n) is 0.188. The van der Waals surface area contributed by atoms with Crippen LogP contribution in [-0.2, 0) is 14.3 Å². The van der Waals surface area contributed by atoms with E-state index in [9.17, 15) is 9.59 Å². The van der Waals surface area contributed by atoms with Crippen molar-refractivity contribution in [2.45, 2.75) is 6.92 Å². The molecule has 0 saturated carbocycles. The van der Waals surface area contributed by atoms with Gasteiger partial charge in [0.15, 0.2) is 0 Å². The van der Waals surface area contributed by atoms with E-state index in [1.54, 1.807) is 0 Å². The maximum Gasteiger partial charge on any atom is 0.324 e. The van der Waals surface area contributed by atoms with Gasteiger partial charge in [0.2, 0.25) is 0 Å². The first-order valence-corrected chi connectivity index (χ1v) is 3.06. The smallest absolute Gasteiger partial charge is 0.324 e. The van der Waals surface area contributed by atoms with Crippen LogP contribution >= 0.6 is 15.9 Å². The van der Waals surface area contributed by atoms with Gasteiger partial charge in [0.1, 0.15) is 5.33 Å². The largest absolute Gasteiger partial charge is 0.393 e. The number of alkyl halides is 1. The van der Waals surface area contributed by atoms with Gasteiger partial charge in [-0.25, -0.2) is 0 Å². The number of hydrogen-bond donors (Lipinski definition) is 0. The molecule has 0 heterocycles. The summed E-state index contributed by atoms with van der Waals surface area (Å²) in [7, 11) is 0. The number of halogens is 1. The summed E-state index contributed by atoms with van der Waals surface area (Å²) in [5.41, 5.74) is 0. The van der Waals surface area contributed by atoms with Crippen molar-refractivity contribution < 1.29 is 14.3 Å². The van der Waals surface area contributed by atoms with E-state index in [2.05, 4.69) is 20.7 Å². The van der Waals surface area contributed by atoms with E-state index in [4.69, 9.17) is 0 Å². The molecular formula is C4H5BrO3. The molecule has 0 fully saturated rings. The van der Waals surface area contributed by atoms with Crippen molar-refractivity contribution in [3.8, 4) is 0 Å². The lowest BCUT2D eigenvalue weighted by molar-refractivity contribution is -0.155. The summed E-state index contributed by atoms with van der Waals surface area (Å²) in [5.74, 6) is -1.13. The van der Waals surface area contributed by atoms with E-state index in [0.29, 0.717) is 0 Å². The average molecular weight is 181 g/mol. The fraction of sp³-hybridized carbons (Fsp3) is 0.500. The van der Waals surface area contributed by atoms with E-state index in [0.717, 1.165) is 0 Å². The molecule has 0 amide bonds.